The van der Waals surface area contributed by atoms with Gasteiger partial charge in [-0.3, -0.25) is 9.59 Å². The van der Waals surface area contributed by atoms with Gasteiger partial charge in [0.1, 0.15) is 17.3 Å². The van der Waals surface area contributed by atoms with E-state index in [1.807, 2.05) is 20.8 Å². The third kappa shape index (κ3) is 4.61. The lowest BCUT2D eigenvalue weighted by molar-refractivity contribution is -0.140. The molecule has 7 heteroatoms. The molecule has 0 aromatic heterocycles. The summed E-state index contributed by atoms with van der Waals surface area (Å²) in [6.07, 6.45) is -0.0114. The van der Waals surface area contributed by atoms with Gasteiger partial charge in [0.2, 0.25) is 0 Å². The van der Waals surface area contributed by atoms with E-state index >= 15 is 0 Å². The number of rotatable bonds is 7. The van der Waals surface area contributed by atoms with Gasteiger partial charge in [0.05, 0.1) is 24.3 Å². The highest BCUT2D eigenvalue weighted by Crippen LogP contribution is 2.39. The Kier molecular flexibility index (Phi) is 6.75. The number of amides is 1. The fourth-order valence-electron chi connectivity index (χ4n) is 3.63. The fourth-order valence-corrected chi connectivity index (χ4v) is 3.63. The van der Waals surface area contributed by atoms with Crippen molar-refractivity contribution in [2.75, 3.05) is 20.3 Å². The number of carbonyl (C=O) groups is 2. The lowest BCUT2D eigenvalue weighted by Gasteiger charge is -2.25. The average molecular weight is 427 g/mol. The molecule has 0 radical (unpaired) electrons. The summed E-state index contributed by atoms with van der Waals surface area (Å²) >= 11 is 0. The number of aliphatic hydroxyl groups is 1. The first-order valence-corrected chi connectivity index (χ1v) is 10.0. The van der Waals surface area contributed by atoms with Gasteiger partial charge in [-0.25, -0.2) is 4.39 Å². The summed E-state index contributed by atoms with van der Waals surface area (Å²) in [5.41, 5.74) is 1.66. The van der Waals surface area contributed by atoms with Crippen LogP contribution in [0.3, 0.4) is 0 Å². The third-order valence-corrected chi connectivity index (χ3v) is 5.07. The molecular weight excluding hydrogens is 401 g/mol. The Hall–Kier alpha value is -3.19. The van der Waals surface area contributed by atoms with E-state index in [9.17, 15) is 19.1 Å². The second-order valence-corrected chi connectivity index (χ2v) is 7.68. The topological polar surface area (TPSA) is 76.1 Å². The van der Waals surface area contributed by atoms with Gasteiger partial charge < -0.3 is 19.5 Å². The Balaban J connectivity index is 2.11. The minimum Gasteiger partial charge on any atom is -0.507 e. The molecule has 1 N–H and O–H groups in total. The largest absolute Gasteiger partial charge is 0.507 e. The lowest BCUT2D eigenvalue weighted by Crippen LogP contribution is -2.32. The molecule has 2 aromatic carbocycles. The van der Waals surface area contributed by atoms with E-state index in [1.54, 1.807) is 18.2 Å². The zero-order valence-corrected chi connectivity index (χ0v) is 18.0. The quantitative estimate of drug-likeness (QED) is 0.411. The molecule has 1 heterocycles. The van der Waals surface area contributed by atoms with Crippen molar-refractivity contribution in [1.82, 2.24) is 4.90 Å². The van der Waals surface area contributed by atoms with E-state index in [1.165, 1.54) is 36.3 Å². The molecule has 1 unspecified atom stereocenters. The van der Waals surface area contributed by atoms with Crippen LogP contribution in [0.25, 0.3) is 5.76 Å². The number of benzene rings is 2. The Labute approximate surface area is 180 Å². The summed E-state index contributed by atoms with van der Waals surface area (Å²) in [5, 5.41) is 11.1. The number of ketones is 1. The number of Topliss-reactive ketones (excluding diaryl/α,β-unsaturated/α-hetero) is 1. The SMILES string of the molecule is COCCN1C(=O)C(=O)/C(=C(\O)c2ccc(OC(C)C)c(C)c2)C1c1ccc(F)cc1. The van der Waals surface area contributed by atoms with Gasteiger partial charge in [0.25, 0.3) is 11.7 Å². The monoisotopic (exact) mass is 427 g/mol. The summed E-state index contributed by atoms with van der Waals surface area (Å²) in [7, 11) is 1.49. The van der Waals surface area contributed by atoms with E-state index in [-0.39, 0.29) is 30.6 Å². The first-order valence-electron chi connectivity index (χ1n) is 10.0. The van der Waals surface area contributed by atoms with Gasteiger partial charge in [0, 0.05) is 19.2 Å². The first-order chi connectivity index (χ1) is 14.7. The predicted octanol–water partition coefficient (Wildman–Crippen LogP) is 3.99. The molecule has 164 valence electrons. The molecule has 1 aliphatic heterocycles. The normalized spacial score (nSPS) is 18.1. The van der Waals surface area contributed by atoms with Crippen LogP contribution < -0.4 is 4.74 Å². The summed E-state index contributed by atoms with van der Waals surface area (Å²) in [4.78, 5) is 27.0. The second-order valence-electron chi connectivity index (χ2n) is 7.68. The maximum atomic E-state index is 13.5. The maximum absolute atomic E-state index is 13.5. The van der Waals surface area contributed by atoms with E-state index in [4.69, 9.17) is 9.47 Å². The maximum Gasteiger partial charge on any atom is 0.295 e. The number of aliphatic hydroxyl groups excluding tert-OH is 1. The molecule has 0 saturated carbocycles. The van der Waals surface area contributed by atoms with E-state index in [0.29, 0.717) is 16.9 Å². The first kappa shape index (κ1) is 22.5. The Morgan fingerprint density at radius 3 is 2.42 bits per heavy atom. The number of methoxy groups -OCH3 is 1. The summed E-state index contributed by atoms with van der Waals surface area (Å²) in [6.45, 7) is 6.03. The number of ether oxygens (including phenoxy) is 2. The van der Waals surface area contributed by atoms with Crippen LogP contribution in [0.2, 0.25) is 0 Å². The molecular formula is C24H26FNO5. The predicted molar refractivity (Wildman–Crippen MR) is 114 cm³/mol. The smallest absolute Gasteiger partial charge is 0.295 e. The van der Waals surface area contributed by atoms with Crippen molar-refractivity contribution < 1.29 is 28.6 Å². The van der Waals surface area contributed by atoms with Crippen molar-refractivity contribution in [3.8, 4) is 5.75 Å². The summed E-state index contributed by atoms with van der Waals surface area (Å²) in [6, 6.07) is 9.75. The van der Waals surface area contributed by atoms with Gasteiger partial charge in [-0.15, -0.1) is 0 Å². The van der Waals surface area contributed by atoms with Crippen molar-refractivity contribution in [3.05, 3.63) is 70.5 Å². The number of likely N-dealkylation sites (tertiary alicyclic amines) is 1. The Morgan fingerprint density at radius 1 is 1.16 bits per heavy atom. The number of halogens is 1. The zero-order chi connectivity index (χ0) is 22.7. The number of aryl methyl sites for hydroxylation is 1. The molecule has 1 amide bonds. The van der Waals surface area contributed by atoms with Crippen LogP contribution in [0.1, 0.15) is 36.6 Å². The molecule has 31 heavy (non-hydrogen) atoms. The van der Waals surface area contributed by atoms with Crippen molar-refractivity contribution >= 4 is 17.4 Å². The average Bonchev–Trinajstić information content (AvgIpc) is 2.98. The second kappa shape index (κ2) is 9.31. The van der Waals surface area contributed by atoms with E-state index in [2.05, 4.69) is 0 Å². The standard InChI is InChI=1S/C24H26FNO5/c1-14(2)31-19-10-7-17(13-15(19)3)22(27)20-21(16-5-8-18(25)9-6-16)26(11-12-30-4)24(29)23(20)28/h5-10,13-14,21,27H,11-12H2,1-4H3/b22-20-. The van der Waals surface area contributed by atoms with E-state index in [0.717, 1.165) is 5.56 Å². The molecule has 6 nitrogen and oxygen atoms in total. The molecule has 1 fully saturated rings. The number of hydrogen-bond donors (Lipinski definition) is 1. The summed E-state index contributed by atoms with van der Waals surface area (Å²) in [5.74, 6) is -1.57. The van der Waals surface area contributed by atoms with Crippen molar-refractivity contribution in [1.29, 1.82) is 0 Å². The van der Waals surface area contributed by atoms with Crippen LogP contribution >= 0.6 is 0 Å². The Morgan fingerprint density at radius 2 is 1.84 bits per heavy atom. The number of hydrogen-bond acceptors (Lipinski definition) is 5. The minimum atomic E-state index is -0.845. The molecule has 1 aliphatic rings. The van der Waals surface area contributed by atoms with Gasteiger partial charge in [0.15, 0.2) is 0 Å². The van der Waals surface area contributed by atoms with Crippen LogP contribution in [0.4, 0.5) is 4.39 Å². The van der Waals surface area contributed by atoms with Crippen LogP contribution in [0.5, 0.6) is 5.75 Å². The van der Waals surface area contributed by atoms with Crippen LogP contribution in [0, 0.1) is 12.7 Å². The van der Waals surface area contributed by atoms with Crippen LogP contribution in [0.15, 0.2) is 48.0 Å². The lowest BCUT2D eigenvalue weighted by atomic mass is 9.94. The molecule has 3 rings (SSSR count). The molecule has 0 spiro atoms. The van der Waals surface area contributed by atoms with Crippen LogP contribution in [-0.4, -0.2) is 48.1 Å². The van der Waals surface area contributed by atoms with Gasteiger partial charge in [-0.05, 0) is 62.2 Å². The highest BCUT2D eigenvalue weighted by atomic mass is 19.1. The molecule has 1 atom stereocenters. The number of nitrogens with zero attached hydrogens (tertiary/aromatic N) is 1. The molecule has 1 saturated heterocycles. The highest BCUT2D eigenvalue weighted by Gasteiger charge is 2.45. The molecule has 0 bridgehead atoms. The number of carbonyl (C=O) groups excluding carboxylic acids is 2. The van der Waals surface area contributed by atoms with Gasteiger partial charge in [-0.2, -0.15) is 0 Å². The summed E-state index contributed by atoms with van der Waals surface area (Å²) < 4.78 is 24.3. The van der Waals surface area contributed by atoms with Gasteiger partial charge >= 0.3 is 0 Å². The van der Waals surface area contributed by atoms with Crippen molar-refractivity contribution in [2.24, 2.45) is 0 Å². The van der Waals surface area contributed by atoms with Gasteiger partial charge in [-0.1, -0.05) is 12.1 Å². The third-order valence-electron chi connectivity index (χ3n) is 5.07. The fraction of sp³-hybridized carbons (Fsp3) is 0.333. The Bertz CT molecular complexity index is 1010. The molecule has 0 aliphatic carbocycles. The van der Waals surface area contributed by atoms with Crippen LogP contribution in [-0.2, 0) is 14.3 Å². The zero-order valence-electron chi connectivity index (χ0n) is 18.0. The van der Waals surface area contributed by atoms with E-state index < -0.39 is 23.5 Å². The molecule has 2 aromatic rings. The highest BCUT2D eigenvalue weighted by molar-refractivity contribution is 6.46. The van der Waals surface area contributed by atoms with Crippen molar-refractivity contribution in [2.45, 2.75) is 32.9 Å². The van der Waals surface area contributed by atoms with Crippen molar-refractivity contribution in [3.63, 3.8) is 0 Å². The minimum absolute atomic E-state index is 0.0114.